The minimum atomic E-state index is -0.364. The molecular formula is C13H16N2O3. The van der Waals surface area contributed by atoms with Crippen molar-refractivity contribution in [2.75, 3.05) is 7.11 Å². The van der Waals surface area contributed by atoms with Gasteiger partial charge in [0.25, 0.3) is 0 Å². The zero-order valence-corrected chi connectivity index (χ0v) is 10.5. The van der Waals surface area contributed by atoms with Crippen LogP contribution in [-0.4, -0.2) is 28.5 Å². The molecule has 96 valence electrons. The van der Waals surface area contributed by atoms with E-state index >= 15 is 0 Å². The smallest absolute Gasteiger partial charge is 0.227 e. The van der Waals surface area contributed by atoms with Crippen molar-refractivity contribution in [2.24, 2.45) is 0 Å². The van der Waals surface area contributed by atoms with Gasteiger partial charge in [0.15, 0.2) is 0 Å². The van der Waals surface area contributed by atoms with Crippen molar-refractivity contribution in [2.45, 2.75) is 25.9 Å². The second kappa shape index (κ2) is 5.64. The fraction of sp³-hybridized carbons (Fsp3) is 0.385. The van der Waals surface area contributed by atoms with Crippen LogP contribution < -0.4 is 4.74 Å². The Morgan fingerprint density at radius 2 is 2.28 bits per heavy atom. The molecule has 0 aliphatic heterocycles. The van der Waals surface area contributed by atoms with Crippen molar-refractivity contribution in [3.8, 4) is 17.1 Å². The number of benzene rings is 1. The van der Waals surface area contributed by atoms with Gasteiger partial charge in [-0.15, -0.1) is 0 Å². The molecule has 1 atom stereocenters. The van der Waals surface area contributed by atoms with E-state index < -0.39 is 0 Å². The first-order valence-corrected chi connectivity index (χ1v) is 5.84. The Morgan fingerprint density at radius 1 is 1.44 bits per heavy atom. The van der Waals surface area contributed by atoms with E-state index in [9.17, 15) is 5.11 Å². The first kappa shape index (κ1) is 12.6. The van der Waals surface area contributed by atoms with Gasteiger partial charge in [0, 0.05) is 12.0 Å². The van der Waals surface area contributed by atoms with E-state index in [1.54, 1.807) is 14.0 Å². The molecule has 18 heavy (non-hydrogen) atoms. The second-order valence-corrected chi connectivity index (χ2v) is 4.13. The molecule has 1 aromatic heterocycles. The molecular weight excluding hydrogens is 232 g/mol. The van der Waals surface area contributed by atoms with Gasteiger partial charge < -0.3 is 14.4 Å². The van der Waals surface area contributed by atoms with Crippen molar-refractivity contribution < 1.29 is 14.4 Å². The molecule has 0 radical (unpaired) electrons. The highest BCUT2D eigenvalue weighted by molar-refractivity contribution is 5.56. The molecule has 0 spiro atoms. The Bertz CT molecular complexity index is 508. The van der Waals surface area contributed by atoms with Crippen LogP contribution in [0.3, 0.4) is 0 Å². The molecule has 1 aromatic carbocycles. The Hall–Kier alpha value is -1.88. The van der Waals surface area contributed by atoms with Crippen LogP contribution in [0.4, 0.5) is 0 Å². The molecule has 2 rings (SSSR count). The van der Waals surface area contributed by atoms with Gasteiger partial charge in [-0.1, -0.05) is 17.3 Å². The molecule has 1 N–H and O–H groups in total. The molecule has 0 aliphatic carbocycles. The van der Waals surface area contributed by atoms with Crippen molar-refractivity contribution in [3.63, 3.8) is 0 Å². The number of ether oxygens (including phenoxy) is 1. The average Bonchev–Trinajstić information content (AvgIpc) is 2.85. The van der Waals surface area contributed by atoms with Crippen LogP contribution in [0.2, 0.25) is 0 Å². The number of aryl methyl sites for hydroxylation is 1. The van der Waals surface area contributed by atoms with Gasteiger partial charge in [-0.05, 0) is 25.5 Å². The summed E-state index contributed by atoms with van der Waals surface area (Å²) in [6.45, 7) is 1.74. The molecule has 0 saturated carbocycles. The van der Waals surface area contributed by atoms with Crippen LogP contribution in [0.25, 0.3) is 11.4 Å². The molecule has 1 unspecified atom stereocenters. The third-order valence-electron chi connectivity index (χ3n) is 2.57. The normalized spacial score (nSPS) is 12.4. The van der Waals surface area contributed by atoms with Gasteiger partial charge in [-0.3, -0.25) is 0 Å². The van der Waals surface area contributed by atoms with E-state index in [1.165, 1.54) is 0 Å². The van der Waals surface area contributed by atoms with Crippen molar-refractivity contribution >= 4 is 0 Å². The maximum absolute atomic E-state index is 9.20. The fourth-order valence-corrected chi connectivity index (χ4v) is 1.57. The summed E-state index contributed by atoms with van der Waals surface area (Å²) in [5.41, 5.74) is 0.849. The molecule has 2 aromatic rings. The number of aliphatic hydroxyl groups excluding tert-OH is 1. The molecule has 0 bridgehead atoms. The van der Waals surface area contributed by atoms with Gasteiger partial charge in [-0.2, -0.15) is 4.98 Å². The number of aliphatic hydroxyl groups is 1. The second-order valence-electron chi connectivity index (χ2n) is 4.13. The van der Waals surface area contributed by atoms with E-state index in [2.05, 4.69) is 10.1 Å². The zero-order chi connectivity index (χ0) is 13.0. The Labute approximate surface area is 105 Å². The number of rotatable bonds is 5. The quantitative estimate of drug-likeness (QED) is 0.877. The average molecular weight is 248 g/mol. The number of hydrogen-bond acceptors (Lipinski definition) is 5. The van der Waals surface area contributed by atoms with Crippen LogP contribution in [0, 0.1) is 0 Å². The van der Waals surface area contributed by atoms with E-state index in [0.717, 1.165) is 11.3 Å². The van der Waals surface area contributed by atoms with Crippen molar-refractivity contribution in [1.29, 1.82) is 0 Å². The summed E-state index contributed by atoms with van der Waals surface area (Å²) in [5.74, 6) is 1.83. The number of nitrogens with zero attached hydrogens (tertiary/aromatic N) is 2. The number of hydrogen-bond donors (Lipinski definition) is 1. The van der Waals surface area contributed by atoms with Gasteiger partial charge in [-0.25, -0.2) is 0 Å². The highest BCUT2D eigenvalue weighted by atomic mass is 16.5. The van der Waals surface area contributed by atoms with E-state index in [-0.39, 0.29) is 6.10 Å². The Morgan fingerprint density at radius 3 is 3.00 bits per heavy atom. The first-order valence-electron chi connectivity index (χ1n) is 5.84. The monoisotopic (exact) mass is 248 g/mol. The van der Waals surface area contributed by atoms with Crippen LogP contribution in [0.1, 0.15) is 19.2 Å². The van der Waals surface area contributed by atoms with Gasteiger partial charge in [0.1, 0.15) is 5.75 Å². The molecule has 0 amide bonds. The highest BCUT2D eigenvalue weighted by Crippen LogP contribution is 2.21. The minimum Gasteiger partial charge on any atom is -0.497 e. The number of aromatic nitrogens is 2. The predicted octanol–water partition coefficient (Wildman–Crippen LogP) is 2.06. The van der Waals surface area contributed by atoms with Crippen LogP contribution >= 0.6 is 0 Å². The summed E-state index contributed by atoms with van der Waals surface area (Å²) in [6.07, 6.45) is 0.825. The van der Waals surface area contributed by atoms with Crippen LogP contribution in [0.5, 0.6) is 5.75 Å². The number of methoxy groups -OCH3 is 1. The van der Waals surface area contributed by atoms with Crippen LogP contribution in [-0.2, 0) is 6.42 Å². The third-order valence-corrected chi connectivity index (χ3v) is 2.57. The fourth-order valence-electron chi connectivity index (χ4n) is 1.57. The molecule has 0 saturated heterocycles. The summed E-state index contributed by atoms with van der Waals surface area (Å²) < 4.78 is 10.3. The topological polar surface area (TPSA) is 68.4 Å². The standard InChI is InChI=1S/C13H16N2O3/c1-9(16)6-7-12-14-13(15-18-12)10-4-3-5-11(8-10)17-2/h3-5,8-9,16H,6-7H2,1-2H3. The lowest BCUT2D eigenvalue weighted by Crippen LogP contribution is -2.01. The molecule has 5 nitrogen and oxygen atoms in total. The van der Waals surface area contributed by atoms with Gasteiger partial charge >= 0.3 is 0 Å². The summed E-state index contributed by atoms with van der Waals surface area (Å²) in [6, 6.07) is 7.48. The van der Waals surface area contributed by atoms with Crippen molar-refractivity contribution in [1.82, 2.24) is 10.1 Å². The minimum absolute atomic E-state index is 0.364. The largest absolute Gasteiger partial charge is 0.497 e. The molecule has 0 fully saturated rings. The summed E-state index contributed by atoms with van der Waals surface area (Å²) in [4.78, 5) is 4.28. The highest BCUT2D eigenvalue weighted by Gasteiger charge is 2.10. The zero-order valence-electron chi connectivity index (χ0n) is 10.5. The van der Waals surface area contributed by atoms with Crippen LogP contribution in [0.15, 0.2) is 28.8 Å². The lowest BCUT2D eigenvalue weighted by atomic mass is 10.2. The van der Waals surface area contributed by atoms with E-state index in [1.807, 2.05) is 24.3 Å². The van der Waals surface area contributed by atoms with Crippen molar-refractivity contribution in [3.05, 3.63) is 30.2 Å². The lowest BCUT2D eigenvalue weighted by molar-refractivity contribution is 0.180. The predicted molar refractivity (Wildman–Crippen MR) is 66.3 cm³/mol. The summed E-state index contributed by atoms with van der Waals surface area (Å²) in [5, 5.41) is 13.1. The Balaban J connectivity index is 2.13. The maximum atomic E-state index is 9.20. The Kier molecular flexibility index (Phi) is 3.94. The lowest BCUT2D eigenvalue weighted by Gasteiger charge is -2.00. The molecule has 0 aliphatic rings. The first-order chi connectivity index (χ1) is 8.69. The van der Waals surface area contributed by atoms with E-state index in [4.69, 9.17) is 9.26 Å². The van der Waals surface area contributed by atoms with Gasteiger partial charge in [0.05, 0.1) is 13.2 Å². The summed E-state index contributed by atoms with van der Waals surface area (Å²) >= 11 is 0. The summed E-state index contributed by atoms with van der Waals surface area (Å²) in [7, 11) is 1.61. The maximum Gasteiger partial charge on any atom is 0.227 e. The van der Waals surface area contributed by atoms with E-state index in [0.29, 0.717) is 24.6 Å². The molecule has 1 heterocycles. The molecule has 5 heteroatoms. The third kappa shape index (κ3) is 3.07. The van der Waals surface area contributed by atoms with Gasteiger partial charge in [0.2, 0.25) is 11.7 Å². The SMILES string of the molecule is COc1cccc(-c2noc(CCC(C)O)n2)c1.